The third kappa shape index (κ3) is 6.22. The van der Waals surface area contributed by atoms with Gasteiger partial charge in [0.2, 0.25) is 5.91 Å². The summed E-state index contributed by atoms with van der Waals surface area (Å²) in [5.74, 6) is -0.567. The van der Waals surface area contributed by atoms with Crippen LogP contribution >= 0.6 is 0 Å². The van der Waals surface area contributed by atoms with Crippen molar-refractivity contribution in [3.63, 3.8) is 0 Å². The maximum Gasteiger partial charge on any atom is 0.410 e. The van der Waals surface area contributed by atoms with Gasteiger partial charge >= 0.3 is 6.09 Å². The number of piperidine rings is 1. The SMILES string of the molecule is CC(C)N(Cc1cccc(F)c1)C(=O)C1CCCN(C(=O)OC(C)(C)C)C1. The van der Waals surface area contributed by atoms with Gasteiger partial charge in [-0.15, -0.1) is 0 Å². The number of benzene rings is 1. The van der Waals surface area contributed by atoms with Crippen LogP contribution in [0.3, 0.4) is 0 Å². The van der Waals surface area contributed by atoms with Crippen LogP contribution in [0.5, 0.6) is 0 Å². The predicted octanol–water partition coefficient (Wildman–Crippen LogP) is 4.21. The Labute approximate surface area is 161 Å². The molecule has 1 saturated heterocycles. The Kier molecular flexibility index (Phi) is 6.84. The van der Waals surface area contributed by atoms with E-state index in [2.05, 4.69) is 0 Å². The lowest BCUT2D eigenvalue weighted by atomic mass is 9.96. The number of ether oxygens (including phenoxy) is 1. The molecule has 2 rings (SSSR count). The Balaban J connectivity index is 2.07. The van der Waals surface area contributed by atoms with Gasteiger partial charge in [0.1, 0.15) is 11.4 Å². The predicted molar refractivity (Wildman–Crippen MR) is 103 cm³/mol. The van der Waals surface area contributed by atoms with Gasteiger partial charge in [-0.3, -0.25) is 4.79 Å². The molecule has 1 aliphatic heterocycles. The molecular formula is C21H31FN2O3. The van der Waals surface area contributed by atoms with Crippen LogP contribution in [0.25, 0.3) is 0 Å². The van der Waals surface area contributed by atoms with Crippen LogP contribution in [0, 0.1) is 11.7 Å². The summed E-state index contributed by atoms with van der Waals surface area (Å²) >= 11 is 0. The van der Waals surface area contributed by atoms with Crippen molar-refractivity contribution in [2.75, 3.05) is 13.1 Å². The van der Waals surface area contributed by atoms with Crippen LogP contribution in [0.15, 0.2) is 24.3 Å². The Bertz CT molecular complexity index is 670. The van der Waals surface area contributed by atoms with E-state index < -0.39 is 5.60 Å². The largest absolute Gasteiger partial charge is 0.444 e. The molecule has 0 bridgehead atoms. The first-order valence-corrected chi connectivity index (χ1v) is 9.59. The highest BCUT2D eigenvalue weighted by Crippen LogP contribution is 2.23. The van der Waals surface area contributed by atoms with Crippen LogP contribution < -0.4 is 0 Å². The lowest BCUT2D eigenvalue weighted by Gasteiger charge is -2.37. The third-order valence-electron chi connectivity index (χ3n) is 4.57. The fourth-order valence-corrected chi connectivity index (χ4v) is 3.25. The second-order valence-corrected chi connectivity index (χ2v) is 8.46. The first-order valence-electron chi connectivity index (χ1n) is 9.59. The summed E-state index contributed by atoms with van der Waals surface area (Å²) in [6.45, 7) is 10.7. The van der Waals surface area contributed by atoms with E-state index in [1.807, 2.05) is 40.7 Å². The molecule has 0 N–H and O–H groups in total. The van der Waals surface area contributed by atoms with E-state index in [-0.39, 0.29) is 29.8 Å². The number of carbonyl (C=O) groups excluding carboxylic acids is 2. The second-order valence-electron chi connectivity index (χ2n) is 8.46. The fourth-order valence-electron chi connectivity index (χ4n) is 3.25. The molecular weight excluding hydrogens is 347 g/mol. The molecule has 1 atom stereocenters. The molecule has 1 fully saturated rings. The molecule has 150 valence electrons. The van der Waals surface area contributed by atoms with E-state index in [1.165, 1.54) is 12.1 Å². The molecule has 1 unspecified atom stereocenters. The quantitative estimate of drug-likeness (QED) is 0.789. The van der Waals surface area contributed by atoms with Crippen LogP contribution in [0.4, 0.5) is 9.18 Å². The molecule has 1 heterocycles. The molecule has 0 saturated carbocycles. The van der Waals surface area contributed by atoms with Gasteiger partial charge in [-0.05, 0) is 65.2 Å². The Morgan fingerprint density at radius 1 is 1.33 bits per heavy atom. The van der Waals surface area contributed by atoms with Gasteiger partial charge in [-0.2, -0.15) is 0 Å². The standard InChI is InChI=1S/C21H31FN2O3/c1-15(2)24(13-16-8-6-10-18(22)12-16)19(25)17-9-7-11-23(14-17)20(26)27-21(3,4)5/h6,8,10,12,15,17H,7,9,11,13-14H2,1-5H3. The van der Waals surface area contributed by atoms with Crippen LogP contribution in [0.1, 0.15) is 53.0 Å². The Hall–Kier alpha value is -2.11. The summed E-state index contributed by atoms with van der Waals surface area (Å²) in [4.78, 5) is 28.9. The third-order valence-corrected chi connectivity index (χ3v) is 4.57. The molecule has 0 aliphatic carbocycles. The van der Waals surface area contributed by atoms with Crippen molar-refractivity contribution in [3.05, 3.63) is 35.6 Å². The number of likely N-dealkylation sites (tertiary alicyclic amines) is 1. The van der Waals surface area contributed by atoms with E-state index in [0.717, 1.165) is 18.4 Å². The van der Waals surface area contributed by atoms with Crippen molar-refractivity contribution in [1.29, 1.82) is 0 Å². The summed E-state index contributed by atoms with van der Waals surface area (Å²) < 4.78 is 18.9. The number of carbonyl (C=O) groups is 2. The maximum atomic E-state index is 13.5. The van der Waals surface area contributed by atoms with E-state index >= 15 is 0 Å². The minimum atomic E-state index is -0.560. The number of hydrogen-bond acceptors (Lipinski definition) is 3. The maximum absolute atomic E-state index is 13.5. The lowest BCUT2D eigenvalue weighted by molar-refractivity contribution is -0.139. The minimum Gasteiger partial charge on any atom is -0.444 e. The minimum absolute atomic E-state index is 0.00233. The molecule has 0 aromatic heterocycles. The van der Waals surface area contributed by atoms with Gasteiger partial charge in [-0.1, -0.05) is 12.1 Å². The Morgan fingerprint density at radius 2 is 2.04 bits per heavy atom. The number of amides is 2. The fraction of sp³-hybridized carbons (Fsp3) is 0.619. The molecule has 27 heavy (non-hydrogen) atoms. The number of halogens is 1. The van der Waals surface area contributed by atoms with Crippen molar-refractivity contribution in [1.82, 2.24) is 9.80 Å². The molecule has 6 heteroatoms. The first kappa shape index (κ1) is 21.2. The Morgan fingerprint density at radius 3 is 2.63 bits per heavy atom. The number of rotatable bonds is 4. The monoisotopic (exact) mass is 378 g/mol. The van der Waals surface area contributed by atoms with Gasteiger partial charge in [0, 0.05) is 25.7 Å². The van der Waals surface area contributed by atoms with E-state index in [0.29, 0.717) is 19.6 Å². The highest BCUT2D eigenvalue weighted by molar-refractivity contribution is 5.80. The van der Waals surface area contributed by atoms with E-state index in [1.54, 1.807) is 15.9 Å². The average molecular weight is 378 g/mol. The summed E-state index contributed by atoms with van der Waals surface area (Å²) in [5, 5.41) is 0. The van der Waals surface area contributed by atoms with Gasteiger partial charge in [-0.25, -0.2) is 9.18 Å². The highest BCUT2D eigenvalue weighted by atomic mass is 19.1. The van der Waals surface area contributed by atoms with Crippen molar-refractivity contribution < 1.29 is 18.7 Å². The normalized spacial score (nSPS) is 17.7. The second kappa shape index (κ2) is 8.72. The summed E-state index contributed by atoms with van der Waals surface area (Å²) in [6, 6.07) is 6.30. The molecule has 0 radical (unpaired) electrons. The lowest BCUT2D eigenvalue weighted by Crippen LogP contribution is -2.49. The molecule has 1 aromatic rings. The summed E-state index contributed by atoms with van der Waals surface area (Å²) in [5.41, 5.74) is 0.201. The van der Waals surface area contributed by atoms with E-state index in [4.69, 9.17) is 4.74 Å². The van der Waals surface area contributed by atoms with Crippen molar-refractivity contribution in [3.8, 4) is 0 Å². The van der Waals surface area contributed by atoms with Gasteiger partial charge in [0.05, 0.1) is 5.92 Å². The van der Waals surface area contributed by atoms with Crippen molar-refractivity contribution in [2.45, 2.75) is 65.6 Å². The van der Waals surface area contributed by atoms with Crippen molar-refractivity contribution in [2.24, 2.45) is 5.92 Å². The smallest absolute Gasteiger partial charge is 0.410 e. The summed E-state index contributed by atoms with van der Waals surface area (Å²) in [6.07, 6.45) is 1.13. The zero-order chi connectivity index (χ0) is 20.2. The van der Waals surface area contributed by atoms with Crippen LogP contribution in [-0.4, -0.2) is 46.5 Å². The molecule has 5 nitrogen and oxygen atoms in total. The molecule has 1 aliphatic rings. The van der Waals surface area contributed by atoms with E-state index in [9.17, 15) is 14.0 Å². The zero-order valence-electron chi connectivity index (χ0n) is 17.0. The number of nitrogens with zero attached hydrogens (tertiary/aromatic N) is 2. The van der Waals surface area contributed by atoms with Gasteiger partial charge in [0.25, 0.3) is 0 Å². The van der Waals surface area contributed by atoms with Crippen LogP contribution in [0.2, 0.25) is 0 Å². The molecule has 0 spiro atoms. The van der Waals surface area contributed by atoms with Gasteiger partial charge in [0.15, 0.2) is 0 Å². The highest BCUT2D eigenvalue weighted by Gasteiger charge is 2.33. The molecule has 2 amide bonds. The van der Waals surface area contributed by atoms with Gasteiger partial charge < -0.3 is 14.5 Å². The van der Waals surface area contributed by atoms with Crippen molar-refractivity contribution >= 4 is 12.0 Å². The summed E-state index contributed by atoms with van der Waals surface area (Å²) in [7, 11) is 0. The zero-order valence-corrected chi connectivity index (χ0v) is 17.0. The first-order chi connectivity index (χ1) is 12.6. The molecule has 1 aromatic carbocycles. The number of hydrogen-bond donors (Lipinski definition) is 0. The average Bonchev–Trinajstić information content (AvgIpc) is 2.57. The topological polar surface area (TPSA) is 49.9 Å². The van der Waals surface area contributed by atoms with Crippen LogP contribution in [-0.2, 0) is 16.1 Å².